The fourth-order valence-corrected chi connectivity index (χ4v) is 3.10. The number of rotatable bonds is 8. The summed E-state index contributed by atoms with van der Waals surface area (Å²) in [7, 11) is 0. The number of benzene rings is 1. The minimum atomic E-state index is -0.0848. The van der Waals surface area contributed by atoms with Gasteiger partial charge in [0.15, 0.2) is 10.6 Å². The summed E-state index contributed by atoms with van der Waals surface area (Å²) >= 11 is 5.34. The summed E-state index contributed by atoms with van der Waals surface area (Å²) in [4.78, 5) is 16.4. The van der Waals surface area contributed by atoms with E-state index >= 15 is 0 Å². The number of carbonyl (C=O) groups excluding carboxylic acids is 1. The Kier molecular flexibility index (Phi) is 6.54. The van der Waals surface area contributed by atoms with E-state index in [1.807, 2.05) is 54.8 Å². The first-order valence-corrected chi connectivity index (χ1v) is 9.57. The number of H-pyrrole nitrogens is 1. The van der Waals surface area contributed by atoms with Crippen LogP contribution in [0.2, 0.25) is 0 Å². The van der Waals surface area contributed by atoms with Crippen molar-refractivity contribution in [3.05, 3.63) is 59.1 Å². The van der Waals surface area contributed by atoms with Crippen molar-refractivity contribution >= 4 is 18.1 Å². The lowest BCUT2D eigenvalue weighted by atomic mass is 10.1. The number of nitrogens with zero attached hydrogens (tertiary/aromatic N) is 3. The molecule has 0 aliphatic rings. The van der Waals surface area contributed by atoms with Gasteiger partial charge in [-0.15, -0.1) is 0 Å². The molecule has 0 spiro atoms. The molecule has 0 bridgehead atoms. The Hall–Kier alpha value is -3.00. The Morgan fingerprint density at radius 2 is 1.96 bits per heavy atom. The molecule has 8 heteroatoms. The van der Waals surface area contributed by atoms with Crippen molar-refractivity contribution in [2.75, 3.05) is 6.61 Å². The predicted molar refractivity (Wildman–Crippen MR) is 109 cm³/mol. The maximum atomic E-state index is 12.4. The first kappa shape index (κ1) is 19.8. The highest BCUT2D eigenvalue weighted by Gasteiger charge is 2.13. The van der Waals surface area contributed by atoms with E-state index in [-0.39, 0.29) is 11.9 Å². The van der Waals surface area contributed by atoms with E-state index in [4.69, 9.17) is 17.0 Å². The summed E-state index contributed by atoms with van der Waals surface area (Å²) in [6.45, 7) is 4.94. The third kappa shape index (κ3) is 4.83. The minimum Gasteiger partial charge on any atom is -0.494 e. The first-order chi connectivity index (χ1) is 13.6. The quantitative estimate of drug-likeness (QED) is 0.567. The Labute approximate surface area is 168 Å². The van der Waals surface area contributed by atoms with Crippen LogP contribution in [-0.4, -0.2) is 32.3 Å². The van der Waals surface area contributed by atoms with Crippen molar-refractivity contribution in [1.29, 1.82) is 0 Å². The molecule has 2 aromatic heterocycles. The van der Waals surface area contributed by atoms with Crippen molar-refractivity contribution < 1.29 is 9.53 Å². The van der Waals surface area contributed by atoms with Gasteiger partial charge in [-0.1, -0.05) is 0 Å². The van der Waals surface area contributed by atoms with Crippen LogP contribution < -0.4 is 10.1 Å². The molecule has 146 valence electrons. The molecule has 3 rings (SSSR count). The lowest BCUT2D eigenvalue weighted by Crippen LogP contribution is -2.27. The topological polar surface area (TPSA) is 84.8 Å². The molecule has 1 amide bonds. The number of hydrogen-bond donors (Lipinski definition) is 2. The van der Waals surface area contributed by atoms with E-state index in [9.17, 15) is 4.79 Å². The highest BCUT2D eigenvalue weighted by Crippen LogP contribution is 2.21. The van der Waals surface area contributed by atoms with Gasteiger partial charge in [-0.2, -0.15) is 5.10 Å². The van der Waals surface area contributed by atoms with Gasteiger partial charge in [0.2, 0.25) is 5.91 Å². The normalized spacial score (nSPS) is 11.8. The van der Waals surface area contributed by atoms with Crippen LogP contribution in [-0.2, 0) is 11.3 Å². The molecule has 3 aromatic rings. The first-order valence-electron chi connectivity index (χ1n) is 9.16. The van der Waals surface area contributed by atoms with E-state index in [0.717, 1.165) is 16.9 Å². The van der Waals surface area contributed by atoms with Crippen LogP contribution in [0.1, 0.15) is 31.9 Å². The van der Waals surface area contributed by atoms with Crippen LogP contribution in [0.5, 0.6) is 5.75 Å². The second-order valence-electron chi connectivity index (χ2n) is 6.28. The number of ether oxygens (including phenoxy) is 1. The molecule has 7 nitrogen and oxygen atoms in total. The Morgan fingerprint density at radius 3 is 2.64 bits per heavy atom. The highest BCUT2D eigenvalue weighted by atomic mass is 32.1. The number of hydrogen-bond acceptors (Lipinski definition) is 5. The maximum absolute atomic E-state index is 12.4. The van der Waals surface area contributed by atoms with Crippen LogP contribution in [0, 0.1) is 4.77 Å². The van der Waals surface area contributed by atoms with Crippen molar-refractivity contribution in [2.24, 2.45) is 0 Å². The molecule has 0 saturated heterocycles. The van der Waals surface area contributed by atoms with E-state index in [1.165, 1.54) is 0 Å². The van der Waals surface area contributed by atoms with Gasteiger partial charge in [0.25, 0.3) is 0 Å². The van der Waals surface area contributed by atoms with Gasteiger partial charge in [-0.25, -0.2) is 0 Å². The zero-order chi connectivity index (χ0) is 19.9. The van der Waals surface area contributed by atoms with Gasteiger partial charge in [0.1, 0.15) is 5.75 Å². The van der Waals surface area contributed by atoms with Crippen molar-refractivity contribution in [3.63, 3.8) is 0 Å². The summed E-state index contributed by atoms with van der Waals surface area (Å²) in [5.74, 6) is 1.45. The largest absolute Gasteiger partial charge is 0.494 e. The van der Waals surface area contributed by atoms with Gasteiger partial charge in [-0.3, -0.25) is 19.4 Å². The number of carbonyl (C=O) groups is 1. The molecule has 1 atom stereocenters. The van der Waals surface area contributed by atoms with Crippen LogP contribution in [0.4, 0.5) is 0 Å². The minimum absolute atomic E-state index is 0.0509. The van der Waals surface area contributed by atoms with Crippen molar-refractivity contribution in [1.82, 2.24) is 25.1 Å². The summed E-state index contributed by atoms with van der Waals surface area (Å²) in [6, 6.07) is 11.3. The molecule has 0 radical (unpaired) electrons. The molecule has 0 fully saturated rings. The van der Waals surface area contributed by atoms with Crippen LogP contribution in [0.25, 0.3) is 11.4 Å². The molecule has 1 aromatic carbocycles. The Morgan fingerprint density at radius 1 is 1.25 bits per heavy atom. The summed E-state index contributed by atoms with van der Waals surface area (Å²) in [5, 5.41) is 10.1. The molecule has 2 heterocycles. The zero-order valence-electron chi connectivity index (χ0n) is 15.9. The van der Waals surface area contributed by atoms with Gasteiger partial charge < -0.3 is 10.1 Å². The molecule has 28 heavy (non-hydrogen) atoms. The molecule has 0 aliphatic carbocycles. The molecule has 0 saturated carbocycles. The molecular weight excluding hydrogens is 374 g/mol. The molecule has 0 aliphatic heterocycles. The van der Waals surface area contributed by atoms with Gasteiger partial charge in [-0.05, 0) is 68.0 Å². The maximum Gasteiger partial charge on any atom is 0.222 e. The van der Waals surface area contributed by atoms with Crippen molar-refractivity contribution in [3.8, 4) is 17.1 Å². The van der Waals surface area contributed by atoms with Crippen molar-refractivity contribution in [2.45, 2.75) is 32.9 Å². The lowest BCUT2D eigenvalue weighted by molar-refractivity contribution is -0.121. The van der Waals surface area contributed by atoms with E-state index in [1.54, 1.807) is 12.4 Å². The average Bonchev–Trinajstić information content (AvgIpc) is 3.08. The number of amides is 1. The van der Waals surface area contributed by atoms with Crippen LogP contribution in [0.3, 0.4) is 0 Å². The molecular formula is C20H23N5O2S. The zero-order valence-corrected chi connectivity index (χ0v) is 16.7. The van der Waals surface area contributed by atoms with Crippen LogP contribution in [0.15, 0.2) is 48.8 Å². The van der Waals surface area contributed by atoms with Gasteiger partial charge in [0, 0.05) is 30.9 Å². The van der Waals surface area contributed by atoms with Gasteiger partial charge in [0.05, 0.1) is 12.6 Å². The molecule has 1 unspecified atom stereocenters. The third-order valence-electron chi connectivity index (χ3n) is 4.33. The van der Waals surface area contributed by atoms with Gasteiger partial charge >= 0.3 is 0 Å². The number of pyridine rings is 1. The average molecular weight is 398 g/mol. The summed E-state index contributed by atoms with van der Waals surface area (Å²) < 4.78 is 7.79. The second kappa shape index (κ2) is 9.27. The van der Waals surface area contributed by atoms with E-state index in [0.29, 0.717) is 30.2 Å². The Bertz CT molecular complexity index is 966. The number of aromatic amines is 1. The summed E-state index contributed by atoms with van der Waals surface area (Å²) in [6.07, 6.45) is 3.73. The van der Waals surface area contributed by atoms with E-state index in [2.05, 4.69) is 20.5 Å². The smallest absolute Gasteiger partial charge is 0.222 e. The SMILES string of the molecule is CCOc1ccc(-c2n[nH]c(=S)n2CCC(=O)NC(C)c2ccncc2)cc1. The fraction of sp³-hybridized carbons (Fsp3) is 0.300. The monoisotopic (exact) mass is 397 g/mol. The number of nitrogens with one attached hydrogen (secondary N) is 2. The van der Waals surface area contributed by atoms with Crippen LogP contribution >= 0.6 is 12.2 Å². The third-order valence-corrected chi connectivity index (χ3v) is 4.64. The highest BCUT2D eigenvalue weighted by molar-refractivity contribution is 7.71. The number of aromatic nitrogens is 4. The van der Waals surface area contributed by atoms with E-state index < -0.39 is 0 Å². The lowest BCUT2D eigenvalue weighted by Gasteiger charge is -2.14. The standard InChI is InChI=1S/C20H23N5O2S/c1-3-27-17-6-4-16(5-7-17)19-23-24-20(28)25(19)13-10-18(26)22-14(2)15-8-11-21-12-9-15/h4-9,11-12,14H,3,10,13H2,1-2H3,(H,22,26)(H,24,28). The Balaban J connectivity index is 1.65. The predicted octanol–water partition coefficient (Wildman–Crippen LogP) is 3.67. The molecule has 2 N–H and O–H groups in total. The fourth-order valence-electron chi connectivity index (χ4n) is 2.87. The second-order valence-corrected chi connectivity index (χ2v) is 6.67. The summed E-state index contributed by atoms with van der Waals surface area (Å²) in [5.41, 5.74) is 1.92.